The number of hydrogen-bond acceptors (Lipinski definition) is 6. The Morgan fingerprint density at radius 2 is 1.97 bits per heavy atom. The van der Waals surface area contributed by atoms with Gasteiger partial charge in [0.05, 0.1) is 5.75 Å². The first-order chi connectivity index (χ1) is 14.5. The number of carbonyl (C=O) groups is 2. The first kappa shape index (κ1) is 20.4. The first-order valence-electron chi connectivity index (χ1n) is 9.50. The molecule has 1 N–H and O–H groups in total. The molecule has 4 rings (SSSR count). The van der Waals surface area contributed by atoms with Crippen LogP contribution < -0.4 is 10.2 Å². The van der Waals surface area contributed by atoms with Crippen LogP contribution in [0.4, 0.5) is 10.8 Å². The summed E-state index contributed by atoms with van der Waals surface area (Å²) in [5, 5.41) is 5.00. The lowest BCUT2D eigenvalue weighted by Crippen LogP contribution is -2.27. The highest BCUT2D eigenvalue weighted by molar-refractivity contribution is 8.00. The normalized spacial score (nSPS) is 15.2. The van der Waals surface area contributed by atoms with Crippen LogP contribution in [0.3, 0.4) is 0 Å². The van der Waals surface area contributed by atoms with Crippen molar-refractivity contribution in [2.75, 3.05) is 30.1 Å². The van der Waals surface area contributed by atoms with E-state index < -0.39 is 0 Å². The Kier molecular flexibility index (Phi) is 6.06. The van der Waals surface area contributed by atoms with Crippen LogP contribution in [0.15, 0.2) is 60.1 Å². The van der Waals surface area contributed by atoms with Crippen LogP contribution in [0.2, 0.25) is 0 Å². The van der Waals surface area contributed by atoms with Crippen molar-refractivity contribution in [1.82, 2.24) is 9.88 Å². The van der Waals surface area contributed by atoms with Crippen LogP contribution in [0.25, 0.3) is 0 Å². The minimum absolute atomic E-state index is 0.000109. The summed E-state index contributed by atoms with van der Waals surface area (Å²) in [6, 6.07) is 15.8. The molecule has 2 aromatic carbocycles. The molecular formula is C22H22N4O2S2. The number of fused-ring (bicyclic) bond motifs is 1. The quantitative estimate of drug-likeness (QED) is 0.598. The Labute approximate surface area is 183 Å². The van der Waals surface area contributed by atoms with Gasteiger partial charge in [0.1, 0.15) is 5.37 Å². The molecule has 0 saturated heterocycles. The molecular weight excluding hydrogens is 416 g/mol. The van der Waals surface area contributed by atoms with Crippen molar-refractivity contribution in [2.24, 2.45) is 0 Å². The number of amides is 2. The standard InChI is InChI=1S/C22H22N4O2S2/c1-25(2)16-9-7-15(8-10-16)13-26-20(28)17-5-3-4-6-18(17)21(26)30-14-19(27)24-22-23-11-12-29-22/h3-12,21H,13-14H2,1-2H3,(H,23,24,27). The molecule has 1 aliphatic rings. The van der Waals surface area contributed by atoms with E-state index in [1.165, 1.54) is 23.1 Å². The van der Waals surface area contributed by atoms with Gasteiger partial charge in [-0.25, -0.2) is 4.98 Å². The summed E-state index contributed by atoms with van der Waals surface area (Å²) in [7, 11) is 4.00. The summed E-state index contributed by atoms with van der Waals surface area (Å²) in [6.07, 6.45) is 1.66. The molecule has 1 aliphatic heterocycles. The zero-order valence-electron chi connectivity index (χ0n) is 16.7. The van der Waals surface area contributed by atoms with E-state index in [2.05, 4.69) is 10.3 Å². The Bertz CT molecular complexity index is 1040. The van der Waals surface area contributed by atoms with E-state index in [1.807, 2.05) is 77.8 Å². The largest absolute Gasteiger partial charge is 0.378 e. The van der Waals surface area contributed by atoms with Crippen LogP contribution >= 0.6 is 23.1 Å². The fraction of sp³-hybridized carbons (Fsp3) is 0.227. The summed E-state index contributed by atoms with van der Waals surface area (Å²) in [5.74, 6) is 0.115. The van der Waals surface area contributed by atoms with Crippen molar-refractivity contribution in [3.8, 4) is 0 Å². The number of aromatic nitrogens is 1. The highest BCUT2D eigenvalue weighted by Crippen LogP contribution is 2.42. The molecule has 8 heteroatoms. The van der Waals surface area contributed by atoms with Crippen molar-refractivity contribution >= 4 is 45.7 Å². The second-order valence-corrected chi connectivity index (χ2v) is 9.09. The number of thiazole rings is 1. The number of benzene rings is 2. The summed E-state index contributed by atoms with van der Waals surface area (Å²) >= 11 is 2.84. The van der Waals surface area contributed by atoms with E-state index in [0.717, 1.165) is 16.8 Å². The number of nitrogens with one attached hydrogen (secondary N) is 1. The highest BCUT2D eigenvalue weighted by atomic mass is 32.2. The molecule has 3 aromatic rings. The molecule has 2 heterocycles. The zero-order valence-corrected chi connectivity index (χ0v) is 18.4. The van der Waals surface area contributed by atoms with Crippen LogP contribution in [0.5, 0.6) is 0 Å². The SMILES string of the molecule is CN(C)c1ccc(CN2C(=O)c3ccccc3C2SCC(=O)Nc2nccs2)cc1. The molecule has 0 aliphatic carbocycles. The van der Waals surface area contributed by atoms with E-state index in [0.29, 0.717) is 17.2 Å². The third-order valence-corrected chi connectivity index (χ3v) is 6.80. The van der Waals surface area contributed by atoms with Crippen molar-refractivity contribution in [1.29, 1.82) is 0 Å². The van der Waals surface area contributed by atoms with Crippen molar-refractivity contribution < 1.29 is 9.59 Å². The predicted octanol–water partition coefficient (Wildman–Crippen LogP) is 4.24. The summed E-state index contributed by atoms with van der Waals surface area (Å²) in [6.45, 7) is 0.493. The van der Waals surface area contributed by atoms with Gasteiger partial charge < -0.3 is 15.1 Å². The number of anilines is 2. The number of thioether (sulfide) groups is 1. The molecule has 2 amide bonds. The third-order valence-electron chi connectivity index (χ3n) is 4.86. The minimum Gasteiger partial charge on any atom is -0.378 e. The Morgan fingerprint density at radius 1 is 1.20 bits per heavy atom. The molecule has 0 saturated carbocycles. The summed E-state index contributed by atoms with van der Waals surface area (Å²) in [4.78, 5) is 33.4. The third kappa shape index (κ3) is 4.34. The molecule has 6 nitrogen and oxygen atoms in total. The van der Waals surface area contributed by atoms with Gasteiger partial charge in [-0.1, -0.05) is 30.3 Å². The highest BCUT2D eigenvalue weighted by Gasteiger charge is 2.37. The molecule has 154 valence electrons. The Morgan fingerprint density at radius 3 is 2.67 bits per heavy atom. The number of nitrogens with zero attached hydrogens (tertiary/aromatic N) is 3. The van der Waals surface area contributed by atoms with E-state index >= 15 is 0 Å². The van der Waals surface area contributed by atoms with Gasteiger partial charge in [-0.15, -0.1) is 23.1 Å². The maximum atomic E-state index is 13.1. The Hall–Kier alpha value is -2.84. The number of hydrogen-bond donors (Lipinski definition) is 1. The molecule has 0 bridgehead atoms. The van der Waals surface area contributed by atoms with E-state index in [1.54, 1.807) is 6.20 Å². The molecule has 1 atom stereocenters. The smallest absolute Gasteiger partial charge is 0.255 e. The fourth-order valence-corrected chi connectivity index (χ4v) is 5.02. The average molecular weight is 439 g/mol. The van der Waals surface area contributed by atoms with Gasteiger partial charge in [0, 0.05) is 43.5 Å². The van der Waals surface area contributed by atoms with E-state index in [9.17, 15) is 9.59 Å². The van der Waals surface area contributed by atoms with Gasteiger partial charge in [-0.3, -0.25) is 9.59 Å². The van der Waals surface area contributed by atoms with Crippen LogP contribution in [-0.4, -0.2) is 41.5 Å². The summed E-state index contributed by atoms with van der Waals surface area (Å²) in [5.41, 5.74) is 3.83. The van der Waals surface area contributed by atoms with Gasteiger partial charge >= 0.3 is 0 Å². The van der Waals surface area contributed by atoms with Crippen LogP contribution in [0.1, 0.15) is 26.9 Å². The molecule has 1 unspecified atom stereocenters. The first-order valence-corrected chi connectivity index (χ1v) is 11.4. The fourth-order valence-electron chi connectivity index (χ4n) is 3.36. The molecule has 0 fully saturated rings. The average Bonchev–Trinajstić information content (AvgIpc) is 3.34. The van der Waals surface area contributed by atoms with Gasteiger partial charge in [0.25, 0.3) is 5.91 Å². The second kappa shape index (κ2) is 8.89. The van der Waals surface area contributed by atoms with E-state index in [-0.39, 0.29) is 22.9 Å². The lowest BCUT2D eigenvalue weighted by Gasteiger charge is -2.25. The lowest BCUT2D eigenvalue weighted by atomic mass is 10.1. The zero-order chi connectivity index (χ0) is 21.1. The Balaban J connectivity index is 1.50. The van der Waals surface area contributed by atoms with Gasteiger partial charge in [-0.05, 0) is 29.3 Å². The van der Waals surface area contributed by atoms with Crippen molar-refractivity contribution in [3.63, 3.8) is 0 Å². The van der Waals surface area contributed by atoms with Crippen LogP contribution in [0, 0.1) is 0 Å². The molecule has 0 spiro atoms. The lowest BCUT2D eigenvalue weighted by molar-refractivity contribution is -0.113. The molecule has 30 heavy (non-hydrogen) atoms. The maximum absolute atomic E-state index is 13.1. The van der Waals surface area contributed by atoms with Crippen LogP contribution in [-0.2, 0) is 11.3 Å². The summed E-state index contributed by atoms with van der Waals surface area (Å²) < 4.78 is 0. The van der Waals surface area contributed by atoms with Gasteiger partial charge in [-0.2, -0.15) is 0 Å². The second-order valence-electron chi connectivity index (χ2n) is 7.13. The minimum atomic E-state index is -0.204. The van der Waals surface area contributed by atoms with Crippen molar-refractivity contribution in [2.45, 2.75) is 11.9 Å². The molecule has 1 aromatic heterocycles. The molecule has 0 radical (unpaired) electrons. The van der Waals surface area contributed by atoms with Gasteiger partial charge in [0.2, 0.25) is 5.91 Å². The predicted molar refractivity (Wildman–Crippen MR) is 123 cm³/mol. The number of carbonyl (C=O) groups excluding carboxylic acids is 2. The van der Waals surface area contributed by atoms with E-state index in [4.69, 9.17) is 0 Å². The number of rotatable bonds is 7. The monoisotopic (exact) mass is 438 g/mol. The van der Waals surface area contributed by atoms with Crippen molar-refractivity contribution in [3.05, 3.63) is 76.8 Å². The maximum Gasteiger partial charge on any atom is 0.255 e. The topological polar surface area (TPSA) is 65.5 Å². The van der Waals surface area contributed by atoms with Gasteiger partial charge in [0.15, 0.2) is 5.13 Å².